The van der Waals surface area contributed by atoms with Gasteiger partial charge in [0, 0.05) is 0 Å². The van der Waals surface area contributed by atoms with Crippen LogP contribution in [0.15, 0.2) is 0 Å². The third-order valence-electron chi connectivity index (χ3n) is 2.07. The van der Waals surface area contributed by atoms with Gasteiger partial charge in [-0.3, -0.25) is 9.59 Å². The van der Waals surface area contributed by atoms with Gasteiger partial charge in [-0.05, 0) is 27.7 Å². The van der Waals surface area contributed by atoms with Crippen molar-refractivity contribution in [3.63, 3.8) is 0 Å². The first-order valence-corrected chi connectivity index (χ1v) is 5.48. The molecule has 0 aromatic carbocycles. The molecule has 82 valence electrons. The van der Waals surface area contributed by atoms with E-state index >= 15 is 0 Å². The maximum atomic E-state index is 11.7. The highest BCUT2D eigenvalue weighted by Crippen LogP contribution is 2.16. The number of amides is 1. The van der Waals surface area contributed by atoms with E-state index in [1.807, 2.05) is 6.92 Å². The molecule has 0 aliphatic rings. The van der Waals surface area contributed by atoms with E-state index in [0.717, 1.165) is 5.01 Å². The third kappa shape index (κ3) is 2.86. The van der Waals surface area contributed by atoms with E-state index in [-0.39, 0.29) is 11.7 Å². The van der Waals surface area contributed by atoms with Crippen molar-refractivity contribution in [2.45, 2.75) is 33.7 Å². The fourth-order valence-electron chi connectivity index (χ4n) is 1.11. The van der Waals surface area contributed by atoms with Gasteiger partial charge in [-0.2, -0.15) is 0 Å². The van der Waals surface area contributed by atoms with Gasteiger partial charge in [0.05, 0.1) is 16.7 Å². The predicted octanol–water partition coefficient (Wildman–Crippen LogP) is 1.47. The normalized spacial score (nSPS) is 12.3. The Morgan fingerprint density at radius 1 is 1.40 bits per heavy atom. The Balaban J connectivity index is 2.77. The number of thiazole rings is 1. The van der Waals surface area contributed by atoms with E-state index in [9.17, 15) is 9.59 Å². The molecule has 4 nitrogen and oxygen atoms in total. The van der Waals surface area contributed by atoms with Crippen molar-refractivity contribution in [3.05, 3.63) is 15.6 Å². The summed E-state index contributed by atoms with van der Waals surface area (Å²) in [4.78, 5) is 27.4. The highest BCUT2D eigenvalue weighted by Gasteiger charge is 2.17. The van der Waals surface area contributed by atoms with Crippen LogP contribution in [0.1, 0.15) is 34.2 Å². The zero-order valence-corrected chi connectivity index (χ0v) is 10.1. The van der Waals surface area contributed by atoms with E-state index < -0.39 is 6.04 Å². The van der Waals surface area contributed by atoms with Crippen LogP contribution >= 0.6 is 11.3 Å². The van der Waals surface area contributed by atoms with Crippen LogP contribution in [-0.4, -0.2) is 22.7 Å². The summed E-state index contributed by atoms with van der Waals surface area (Å²) in [5, 5.41) is 3.49. The van der Waals surface area contributed by atoms with E-state index in [2.05, 4.69) is 10.3 Å². The molecular weight excluding hydrogens is 212 g/mol. The monoisotopic (exact) mass is 226 g/mol. The molecule has 1 amide bonds. The smallest absolute Gasteiger partial charge is 0.263 e. The number of aromatic nitrogens is 1. The van der Waals surface area contributed by atoms with Crippen molar-refractivity contribution in [1.82, 2.24) is 10.3 Å². The highest BCUT2D eigenvalue weighted by atomic mass is 32.1. The van der Waals surface area contributed by atoms with Crippen molar-refractivity contribution in [2.75, 3.05) is 0 Å². The average Bonchev–Trinajstić information content (AvgIpc) is 2.44. The van der Waals surface area contributed by atoms with Crippen molar-refractivity contribution >= 4 is 23.0 Å². The molecule has 1 N–H and O–H groups in total. The molecule has 0 aliphatic heterocycles. The largest absolute Gasteiger partial charge is 0.342 e. The predicted molar refractivity (Wildman–Crippen MR) is 59.2 cm³/mol. The van der Waals surface area contributed by atoms with Crippen LogP contribution in [0.4, 0.5) is 0 Å². The zero-order chi connectivity index (χ0) is 11.6. The molecule has 1 aromatic heterocycles. The number of ketones is 1. The molecule has 1 aromatic rings. The average molecular weight is 226 g/mol. The second-order valence-electron chi connectivity index (χ2n) is 3.45. The number of nitrogens with one attached hydrogen (secondary N) is 1. The number of hydrogen-bond donors (Lipinski definition) is 1. The fourth-order valence-corrected chi connectivity index (χ4v) is 1.93. The summed E-state index contributed by atoms with van der Waals surface area (Å²) in [5.74, 6) is -0.275. The molecule has 0 spiro atoms. The molecule has 0 fully saturated rings. The summed E-state index contributed by atoms with van der Waals surface area (Å²) in [6.45, 7) is 6.76. The van der Waals surface area contributed by atoms with Gasteiger partial charge in [-0.15, -0.1) is 11.3 Å². The van der Waals surface area contributed by atoms with Gasteiger partial charge in [-0.1, -0.05) is 0 Å². The second-order valence-corrected chi connectivity index (χ2v) is 4.66. The number of aryl methyl sites for hydroxylation is 2. The molecule has 0 saturated carbocycles. The Bertz CT molecular complexity index is 398. The van der Waals surface area contributed by atoms with Crippen LogP contribution in [0.5, 0.6) is 0 Å². The number of rotatable bonds is 3. The molecule has 5 heteroatoms. The standard InChI is InChI=1S/C10H14N2O2S/c1-5(7(3)13)12-10(14)9-6(2)11-8(4)15-9/h5H,1-4H3,(H,12,14). The molecule has 0 aliphatic carbocycles. The molecule has 1 heterocycles. The maximum Gasteiger partial charge on any atom is 0.263 e. The van der Waals surface area contributed by atoms with E-state index in [1.54, 1.807) is 13.8 Å². The summed E-state index contributed by atoms with van der Waals surface area (Å²) in [7, 11) is 0. The number of Topliss-reactive ketones (excluding diaryl/α,β-unsaturated/α-hetero) is 1. The Hall–Kier alpha value is -1.23. The summed E-state index contributed by atoms with van der Waals surface area (Å²) >= 11 is 1.34. The minimum absolute atomic E-state index is 0.0535. The zero-order valence-electron chi connectivity index (χ0n) is 9.25. The van der Waals surface area contributed by atoms with Crippen LogP contribution in [-0.2, 0) is 4.79 Å². The molecule has 1 atom stereocenters. The number of carbonyl (C=O) groups excluding carboxylic acids is 2. The minimum Gasteiger partial charge on any atom is -0.342 e. The molecule has 0 radical (unpaired) electrons. The van der Waals surface area contributed by atoms with Crippen molar-refractivity contribution < 1.29 is 9.59 Å². The summed E-state index contributed by atoms with van der Waals surface area (Å²) in [6, 6.07) is -0.445. The molecular formula is C10H14N2O2S. The van der Waals surface area contributed by atoms with Gasteiger partial charge in [0.15, 0.2) is 5.78 Å². The Kier molecular flexibility index (Phi) is 3.57. The van der Waals surface area contributed by atoms with Gasteiger partial charge in [0.1, 0.15) is 4.88 Å². The second kappa shape index (κ2) is 4.53. The van der Waals surface area contributed by atoms with Crippen LogP contribution in [0.25, 0.3) is 0 Å². The topological polar surface area (TPSA) is 59.1 Å². The van der Waals surface area contributed by atoms with Gasteiger partial charge in [0.2, 0.25) is 0 Å². The summed E-state index contributed by atoms with van der Waals surface area (Å²) in [5.41, 5.74) is 0.714. The first kappa shape index (κ1) is 11.8. The minimum atomic E-state index is -0.445. The van der Waals surface area contributed by atoms with E-state index in [1.165, 1.54) is 18.3 Å². The lowest BCUT2D eigenvalue weighted by Gasteiger charge is -2.09. The first-order chi connectivity index (χ1) is 6.91. The maximum absolute atomic E-state index is 11.7. The SMILES string of the molecule is CC(=O)C(C)NC(=O)c1sc(C)nc1C. The quantitative estimate of drug-likeness (QED) is 0.849. The lowest BCUT2D eigenvalue weighted by Crippen LogP contribution is -2.37. The van der Waals surface area contributed by atoms with E-state index in [4.69, 9.17) is 0 Å². The number of nitrogens with zero attached hydrogens (tertiary/aromatic N) is 1. The van der Waals surface area contributed by atoms with Gasteiger partial charge in [0.25, 0.3) is 5.91 Å². The highest BCUT2D eigenvalue weighted by molar-refractivity contribution is 7.13. The summed E-state index contributed by atoms with van der Waals surface area (Å²) < 4.78 is 0. The Morgan fingerprint density at radius 2 is 2.00 bits per heavy atom. The van der Waals surface area contributed by atoms with Crippen LogP contribution in [0, 0.1) is 13.8 Å². The third-order valence-corrected chi connectivity index (χ3v) is 3.14. The molecule has 15 heavy (non-hydrogen) atoms. The summed E-state index contributed by atoms with van der Waals surface area (Å²) in [6.07, 6.45) is 0. The van der Waals surface area contributed by atoms with Crippen LogP contribution in [0.2, 0.25) is 0 Å². The Morgan fingerprint density at radius 3 is 2.40 bits per heavy atom. The molecule has 0 saturated heterocycles. The van der Waals surface area contributed by atoms with Crippen LogP contribution < -0.4 is 5.32 Å². The van der Waals surface area contributed by atoms with Crippen molar-refractivity contribution in [1.29, 1.82) is 0 Å². The van der Waals surface area contributed by atoms with E-state index in [0.29, 0.717) is 10.6 Å². The lowest BCUT2D eigenvalue weighted by molar-refractivity contribution is -0.118. The Labute approximate surface area is 92.7 Å². The molecule has 1 rings (SSSR count). The van der Waals surface area contributed by atoms with Gasteiger partial charge >= 0.3 is 0 Å². The van der Waals surface area contributed by atoms with Gasteiger partial charge in [-0.25, -0.2) is 4.98 Å². The number of hydrogen-bond acceptors (Lipinski definition) is 4. The van der Waals surface area contributed by atoms with Crippen molar-refractivity contribution in [2.24, 2.45) is 0 Å². The van der Waals surface area contributed by atoms with Gasteiger partial charge < -0.3 is 5.32 Å². The van der Waals surface area contributed by atoms with Crippen molar-refractivity contribution in [3.8, 4) is 0 Å². The molecule has 1 unspecified atom stereocenters. The van der Waals surface area contributed by atoms with Crippen LogP contribution in [0.3, 0.4) is 0 Å². The number of carbonyl (C=O) groups is 2. The first-order valence-electron chi connectivity index (χ1n) is 4.67. The lowest BCUT2D eigenvalue weighted by atomic mass is 10.2. The molecule has 0 bridgehead atoms. The fraction of sp³-hybridized carbons (Fsp3) is 0.500.